The van der Waals surface area contributed by atoms with Gasteiger partial charge in [-0.1, -0.05) is 31.2 Å². The average molecular weight is 362 g/mol. The molecular weight excluding hydrogens is 338 g/mol. The molecule has 2 amide bonds. The summed E-state index contributed by atoms with van der Waals surface area (Å²) >= 11 is 0. The number of nitrogens with one attached hydrogen (secondary N) is 3. The van der Waals surface area contributed by atoms with Crippen LogP contribution in [0.4, 0.5) is 11.4 Å². The van der Waals surface area contributed by atoms with E-state index in [1.54, 1.807) is 12.1 Å². The summed E-state index contributed by atoms with van der Waals surface area (Å²) in [7, 11) is 1.81. The van der Waals surface area contributed by atoms with Gasteiger partial charge in [-0.3, -0.25) is 9.59 Å². The Morgan fingerprint density at radius 1 is 1.04 bits per heavy atom. The summed E-state index contributed by atoms with van der Waals surface area (Å²) in [6.07, 6.45) is 0. The monoisotopic (exact) mass is 361 g/mol. The number of halogens is 1. The lowest BCUT2D eigenvalue weighted by atomic mass is 10.1. The van der Waals surface area contributed by atoms with Crippen molar-refractivity contribution in [2.75, 3.05) is 24.2 Å². The summed E-state index contributed by atoms with van der Waals surface area (Å²) in [5, 5.41) is 8.72. The molecule has 0 aromatic heterocycles. The Morgan fingerprint density at radius 3 is 2.36 bits per heavy atom. The van der Waals surface area contributed by atoms with E-state index in [-0.39, 0.29) is 30.1 Å². The molecule has 5 nitrogen and oxygen atoms in total. The molecule has 0 fully saturated rings. The Hall–Kier alpha value is -2.37. The van der Waals surface area contributed by atoms with E-state index < -0.39 is 0 Å². The van der Waals surface area contributed by atoms with Crippen molar-refractivity contribution in [1.29, 1.82) is 0 Å². The molecule has 6 heteroatoms. The van der Waals surface area contributed by atoms with Crippen LogP contribution in [0.3, 0.4) is 0 Å². The van der Waals surface area contributed by atoms with Crippen molar-refractivity contribution in [1.82, 2.24) is 5.32 Å². The number of anilines is 2. The molecule has 0 aliphatic heterocycles. The molecule has 2 aromatic carbocycles. The van der Waals surface area contributed by atoms with Crippen molar-refractivity contribution in [3.8, 4) is 0 Å². The first kappa shape index (κ1) is 20.7. The first-order valence-electron chi connectivity index (χ1n) is 7.93. The van der Waals surface area contributed by atoms with Gasteiger partial charge in [-0.25, -0.2) is 0 Å². The van der Waals surface area contributed by atoms with Crippen molar-refractivity contribution >= 4 is 35.6 Å². The van der Waals surface area contributed by atoms with E-state index in [9.17, 15) is 9.59 Å². The molecule has 0 aliphatic rings. The minimum Gasteiger partial charge on any atom is -0.326 e. The Kier molecular flexibility index (Phi) is 8.11. The van der Waals surface area contributed by atoms with Gasteiger partial charge in [0.1, 0.15) is 0 Å². The highest BCUT2D eigenvalue weighted by Gasteiger charge is 2.14. The second-order valence-corrected chi connectivity index (χ2v) is 5.80. The van der Waals surface area contributed by atoms with Gasteiger partial charge in [0.25, 0.3) is 5.91 Å². The molecule has 0 saturated heterocycles. The summed E-state index contributed by atoms with van der Waals surface area (Å²) in [5.41, 5.74) is 2.80. The summed E-state index contributed by atoms with van der Waals surface area (Å²) < 4.78 is 0. The molecule has 0 bridgehead atoms. The van der Waals surface area contributed by atoms with Gasteiger partial charge in [0, 0.05) is 29.4 Å². The van der Waals surface area contributed by atoms with Crippen LogP contribution in [0.25, 0.3) is 0 Å². The second kappa shape index (κ2) is 9.81. The van der Waals surface area contributed by atoms with Crippen LogP contribution < -0.4 is 16.0 Å². The number of aryl methyl sites for hydroxylation is 1. The van der Waals surface area contributed by atoms with E-state index in [1.807, 2.05) is 57.3 Å². The molecule has 2 rings (SSSR count). The van der Waals surface area contributed by atoms with Crippen molar-refractivity contribution in [3.63, 3.8) is 0 Å². The number of benzene rings is 2. The van der Waals surface area contributed by atoms with Gasteiger partial charge < -0.3 is 16.0 Å². The lowest BCUT2D eigenvalue weighted by molar-refractivity contribution is -0.119. The highest BCUT2D eigenvalue weighted by atomic mass is 35.5. The van der Waals surface area contributed by atoms with Crippen LogP contribution in [0.15, 0.2) is 48.5 Å². The maximum Gasteiger partial charge on any atom is 0.255 e. The van der Waals surface area contributed by atoms with Crippen LogP contribution in [0.5, 0.6) is 0 Å². The molecular formula is C19H24ClN3O2. The number of para-hydroxylation sites is 1. The number of hydrogen-bond donors (Lipinski definition) is 3. The molecule has 0 heterocycles. The normalized spacial score (nSPS) is 11.2. The van der Waals surface area contributed by atoms with E-state index in [4.69, 9.17) is 0 Å². The standard InChI is InChI=1S/C19H23N3O2.ClH/c1-13-9-10-15(19(24)21-16-7-5-4-6-8-16)11-17(13)22-18(23)14(2)12-20-3;/h4-11,14,20H,12H2,1-3H3,(H,21,24)(H,22,23);1H. The Bertz CT molecular complexity index is 720. The van der Waals surface area contributed by atoms with Crippen LogP contribution in [-0.2, 0) is 4.79 Å². The highest BCUT2D eigenvalue weighted by Crippen LogP contribution is 2.19. The van der Waals surface area contributed by atoms with Gasteiger partial charge in [-0.05, 0) is 43.8 Å². The minimum absolute atomic E-state index is 0. The predicted molar refractivity (Wildman–Crippen MR) is 105 cm³/mol. The number of carbonyl (C=O) groups is 2. The third kappa shape index (κ3) is 5.89. The van der Waals surface area contributed by atoms with Gasteiger partial charge in [-0.2, -0.15) is 0 Å². The number of rotatable bonds is 6. The maximum absolute atomic E-state index is 12.4. The Balaban J connectivity index is 0.00000312. The average Bonchev–Trinajstić information content (AvgIpc) is 2.57. The molecule has 1 unspecified atom stereocenters. The molecule has 25 heavy (non-hydrogen) atoms. The maximum atomic E-state index is 12.4. The van der Waals surface area contributed by atoms with Gasteiger partial charge in [0.2, 0.25) is 5.91 Å². The first-order chi connectivity index (χ1) is 11.5. The van der Waals surface area contributed by atoms with Crippen molar-refractivity contribution in [2.24, 2.45) is 5.92 Å². The first-order valence-corrected chi connectivity index (χ1v) is 7.93. The molecule has 3 N–H and O–H groups in total. The quantitative estimate of drug-likeness (QED) is 0.737. The molecule has 0 saturated carbocycles. The second-order valence-electron chi connectivity index (χ2n) is 5.80. The third-order valence-electron chi connectivity index (χ3n) is 3.75. The zero-order valence-electron chi connectivity index (χ0n) is 14.6. The molecule has 1 atom stereocenters. The van der Waals surface area contributed by atoms with Gasteiger partial charge in [0.15, 0.2) is 0 Å². The SMILES string of the molecule is CNCC(C)C(=O)Nc1cc(C(=O)Nc2ccccc2)ccc1C.Cl. The lowest BCUT2D eigenvalue weighted by Crippen LogP contribution is -2.29. The molecule has 0 radical (unpaired) electrons. The van der Waals surface area contributed by atoms with Crippen LogP contribution in [0, 0.1) is 12.8 Å². The van der Waals surface area contributed by atoms with Crippen LogP contribution in [0.2, 0.25) is 0 Å². The topological polar surface area (TPSA) is 70.2 Å². The fourth-order valence-electron chi connectivity index (χ4n) is 2.28. The molecule has 2 aromatic rings. The smallest absolute Gasteiger partial charge is 0.255 e. The van der Waals surface area contributed by atoms with E-state index >= 15 is 0 Å². The largest absolute Gasteiger partial charge is 0.326 e. The number of carbonyl (C=O) groups excluding carboxylic acids is 2. The third-order valence-corrected chi connectivity index (χ3v) is 3.75. The van der Waals surface area contributed by atoms with Crippen molar-refractivity contribution in [3.05, 3.63) is 59.7 Å². The zero-order valence-corrected chi connectivity index (χ0v) is 15.4. The van der Waals surface area contributed by atoms with Gasteiger partial charge >= 0.3 is 0 Å². The van der Waals surface area contributed by atoms with Gasteiger partial charge in [-0.15, -0.1) is 12.4 Å². The van der Waals surface area contributed by atoms with Crippen molar-refractivity contribution < 1.29 is 9.59 Å². The Labute approximate surface area is 154 Å². The number of amides is 2. The van der Waals surface area contributed by atoms with Crippen LogP contribution in [-0.4, -0.2) is 25.4 Å². The van der Waals surface area contributed by atoms with E-state index in [2.05, 4.69) is 16.0 Å². The van der Waals surface area contributed by atoms with Gasteiger partial charge in [0.05, 0.1) is 0 Å². The summed E-state index contributed by atoms with van der Waals surface area (Å²) in [4.78, 5) is 24.5. The molecule has 0 spiro atoms. The summed E-state index contributed by atoms with van der Waals surface area (Å²) in [5.74, 6) is -0.441. The fraction of sp³-hybridized carbons (Fsp3) is 0.263. The minimum atomic E-state index is -0.208. The van der Waals surface area contributed by atoms with Crippen molar-refractivity contribution in [2.45, 2.75) is 13.8 Å². The summed E-state index contributed by atoms with van der Waals surface area (Å²) in [6, 6.07) is 14.6. The summed E-state index contributed by atoms with van der Waals surface area (Å²) in [6.45, 7) is 4.35. The van der Waals surface area contributed by atoms with E-state index in [0.29, 0.717) is 17.8 Å². The van der Waals surface area contributed by atoms with Crippen LogP contribution >= 0.6 is 12.4 Å². The zero-order chi connectivity index (χ0) is 17.5. The predicted octanol–water partition coefficient (Wildman–Crippen LogP) is 3.46. The molecule has 134 valence electrons. The fourth-order valence-corrected chi connectivity index (χ4v) is 2.28. The van der Waals surface area contributed by atoms with Crippen LogP contribution in [0.1, 0.15) is 22.8 Å². The lowest BCUT2D eigenvalue weighted by Gasteiger charge is -2.14. The number of hydrogen-bond acceptors (Lipinski definition) is 3. The highest BCUT2D eigenvalue weighted by molar-refractivity contribution is 6.05. The molecule has 0 aliphatic carbocycles. The van der Waals surface area contributed by atoms with E-state index in [0.717, 1.165) is 11.3 Å². The van der Waals surface area contributed by atoms with E-state index in [1.165, 1.54) is 0 Å². The Morgan fingerprint density at radius 2 is 1.72 bits per heavy atom.